The van der Waals surface area contributed by atoms with Gasteiger partial charge < -0.3 is 26.4 Å². The maximum Gasteiger partial charge on any atom is 0.319 e. The van der Waals surface area contributed by atoms with Gasteiger partial charge in [-0.15, -0.1) is 0 Å². The highest BCUT2D eigenvalue weighted by Gasteiger charge is 2.16. The number of amides is 3. The summed E-state index contributed by atoms with van der Waals surface area (Å²) in [5, 5.41) is 8.38. The highest BCUT2D eigenvalue weighted by atomic mass is 16.5. The molecule has 0 saturated carbocycles. The van der Waals surface area contributed by atoms with Crippen LogP contribution in [0, 0.1) is 0 Å². The fourth-order valence-corrected chi connectivity index (χ4v) is 3.05. The first-order valence-electron chi connectivity index (χ1n) is 9.47. The molecule has 1 aliphatic heterocycles. The Balaban J connectivity index is 1.43. The van der Waals surface area contributed by atoms with E-state index >= 15 is 0 Å². The van der Waals surface area contributed by atoms with Crippen molar-refractivity contribution in [2.24, 2.45) is 5.73 Å². The molecule has 0 spiro atoms. The monoisotopic (exact) mass is 382 g/mol. The third-order valence-corrected chi connectivity index (χ3v) is 4.57. The van der Waals surface area contributed by atoms with E-state index in [1.54, 1.807) is 24.3 Å². The normalized spacial score (nSPS) is 17.0. The molecule has 3 amide bonds. The van der Waals surface area contributed by atoms with Crippen molar-refractivity contribution < 1.29 is 14.3 Å². The van der Waals surface area contributed by atoms with Crippen LogP contribution >= 0.6 is 0 Å². The van der Waals surface area contributed by atoms with E-state index < -0.39 is 0 Å². The Morgan fingerprint density at radius 1 is 1.04 bits per heavy atom. The molecule has 148 valence electrons. The predicted octanol–water partition coefficient (Wildman–Crippen LogP) is 3.02. The quantitative estimate of drug-likeness (QED) is 0.591. The minimum absolute atomic E-state index is 0.102. The van der Waals surface area contributed by atoms with Crippen molar-refractivity contribution in [2.75, 3.05) is 23.8 Å². The van der Waals surface area contributed by atoms with Crippen LogP contribution in [0.5, 0.6) is 0 Å². The van der Waals surface area contributed by atoms with Gasteiger partial charge in [-0.25, -0.2) is 4.79 Å². The van der Waals surface area contributed by atoms with Crippen molar-refractivity contribution in [3.05, 3.63) is 60.2 Å². The summed E-state index contributed by atoms with van der Waals surface area (Å²) in [4.78, 5) is 24.1. The first kappa shape index (κ1) is 19.9. The number of hydrogen-bond donors (Lipinski definition) is 4. The first-order chi connectivity index (χ1) is 13.6. The maximum atomic E-state index is 12.2. The van der Waals surface area contributed by atoms with Gasteiger partial charge in [0.1, 0.15) is 0 Å². The molecule has 1 heterocycles. The van der Waals surface area contributed by atoms with E-state index in [2.05, 4.69) is 16.0 Å². The second-order valence-corrected chi connectivity index (χ2v) is 6.82. The molecule has 2 atom stereocenters. The number of benzene rings is 2. The van der Waals surface area contributed by atoms with Crippen LogP contribution in [-0.4, -0.2) is 31.2 Å². The number of urea groups is 1. The van der Waals surface area contributed by atoms with E-state index in [9.17, 15) is 9.59 Å². The zero-order chi connectivity index (χ0) is 19.8. The van der Waals surface area contributed by atoms with Crippen LogP contribution in [-0.2, 0) is 9.53 Å². The van der Waals surface area contributed by atoms with Gasteiger partial charge in [0.15, 0.2) is 0 Å². The van der Waals surface area contributed by atoms with Crippen LogP contribution in [0.2, 0.25) is 0 Å². The van der Waals surface area contributed by atoms with Crippen LogP contribution in [0.15, 0.2) is 54.6 Å². The Labute approximate surface area is 164 Å². The molecule has 7 heteroatoms. The van der Waals surface area contributed by atoms with Gasteiger partial charge >= 0.3 is 6.03 Å². The fourth-order valence-electron chi connectivity index (χ4n) is 3.05. The lowest BCUT2D eigenvalue weighted by molar-refractivity contribution is -0.116. The summed E-state index contributed by atoms with van der Waals surface area (Å²) in [7, 11) is 0. The molecule has 1 fully saturated rings. The van der Waals surface area contributed by atoms with Crippen LogP contribution in [0.1, 0.15) is 30.9 Å². The second kappa shape index (κ2) is 9.87. The van der Waals surface area contributed by atoms with E-state index in [1.807, 2.05) is 30.3 Å². The Hall–Kier alpha value is -2.90. The van der Waals surface area contributed by atoms with Gasteiger partial charge in [-0.05, 0) is 42.7 Å². The molecule has 1 saturated heterocycles. The summed E-state index contributed by atoms with van der Waals surface area (Å²) < 4.78 is 5.47. The molecule has 0 aromatic heterocycles. The highest BCUT2D eigenvalue weighted by Crippen LogP contribution is 2.17. The van der Waals surface area contributed by atoms with Crippen LogP contribution in [0.4, 0.5) is 16.2 Å². The molecule has 0 radical (unpaired) electrons. The molecule has 28 heavy (non-hydrogen) atoms. The van der Waals surface area contributed by atoms with Gasteiger partial charge in [-0.2, -0.15) is 0 Å². The first-order valence-corrected chi connectivity index (χ1v) is 9.47. The topological polar surface area (TPSA) is 105 Å². The number of rotatable bonds is 7. The summed E-state index contributed by atoms with van der Waals surface area (Å²) >= 11 is 0. The Bertz CT molecular complexity index is 774. The van der Waals surface area contributed by atoms with E-state index in [1.165, 1.54) is 0 Å². The van der Waals surface area contributed by atoms with E-state index in [4.69, 9.17) is 10.5 Å². The summed E-state index contributed by atoms with van der Waals surface area (Å²) in [5.41, 5.74) is 8.29. The number of carbonyl (C=O) groups excluding carboxylic acids is 2. The highest BCUT2D eigenvalue weighted by molar-refractivity contribution is 5.92. The van der Waals surface area contributed by atoms with E-state index in [0.29, 0.717) is 17.9 Å². The predicted molar refractivity (Wildman–Crippen MR) is 109 cm³/mol. The van der Waals surface area contributed by atoms with Gasteiger partial charge in [-0.3, -0.25) is 4.79 Å². The standard InChI is InChI=1S/C21H26N4O3/c22-19(15-5-2-1-3-6-15)13-20(26)24-16-8-10-17(11-9-16)25-21(27)23-14-18-7-4-12-28-18/h1-3,5-6,8-11,18-19H,4,7,12-14,22H2,(H,24,26)(H2,23,25,27). The lowest BCUT2D eigenvalue weighted by Gasteiger charge is -2.13. The SMILES string of the molecule is NC(CC(=O)Nc1ccc(NC(=O)NCC2CCCO2)cc1)c1ccccc1. The van der Waals surface area contributed by atoms with Crippen molar-refractivity contribution in [1.82, 2.24) is 5.32 Å². The van der Waals surface area contributed by atoms with Crippen molar-refractivity contribution in [3.8, 4) is 0 Å². The molecule has 2 aromatic rings. The number of ether oxygens (including phenoxy) is 1. The molecule has 3 rings (SSSR count). The Morgan fingerprint density at radius 2 is 1.71 bits per heavy atom. The number of nitrogens with one attached hydrogen (secondary N) is 3. The molecule has 2 aromatic carbocycles. The summed E-state index contributed by atoms with van der Waals surface area (Å²) in [5.74, 6) is -0.161. The van der Waals surface area contributed by atoms with Gasteiger partial charge in [0.2, 0.25) is 5.91 Å². The molecule has 0 aliphatic carbocycles. The zero-order valence-electron chi connectivity index (χ0n) is 15.7. The van der Waals surface area contributed by atoms with Gasteiger partial charge in [0.05, 0.1) is 6.10 Å². The zero-order valence-corrected chi connectivity index (χ0v) is 15.7. The lowest BCUT2D eigenvalue weighted by atomic mass is 10.0. The van der Waals surface area contributed by atoms with Gasteiger partial charge in [0.25, 0.3) is 0 Å². The van der Waals surface area contributed by atoms with Crippen molar-refractivity contribution in [3.63, 3.8) is 0 Å². The third kappa shape index (κ3) is 6.07. The Morgan fingerprint density at radius 3 is 2.36 bits per heavy atom. The van der Waals surface area contributed by atoms with Crippen LogP contribution in [0.25, 0.3) is 0 Å². The third-order valence-electron chi connectivity index (χ3n) is 4.57. The molecule has 2 unspecified atom stereocenters. The van der Waals surface area contributed by atoms with Crippen LogP contribution < -0.4 is 21.7 Å². The van der Waals surface area contributed by atoms with Crippen LogP contribution in [0.3, 0.4) is 0 Å². The second-order valence-electron chi connectivity index (χ2n) is 6.82. The minimum atomic E-state index is -0.352. The molecular formula is C21H26N4O3. The Kier molecular flexibility index (Phi) is 7.00. The summed E-state index contributed by atoms with van der Waals surface area (Å²) in [6.07, 6.45) is 2.31. The van der Waals surface area contributed by atoms with E-state index in [-0.39, 0.29) is 30.5 Å². The largest absolute Gasteiger partial charge is 0.376 e. The molecule has 1 aliphatic rings. The van der Waals surface area contributed by atoms with Crippen molar-refractivity contribution >= 4 is 23.3 Å². The average molecular weight is 382 g/mol. The molecular weight excluding hydrogens is 356 g/mol. The molecule has 7 nitrogen and oxygen atoms in total. The number of nitrogens with two attached hydrogens (primary N) is 1. The van der Waals surface area contributed by atoms with E-state index in [0.717, 1.165) is 25.0 Å². The number of anilines is 2. The number of hydrogen-bond acceptors (Lipinski definition) is 4. The van der Waals surface area contributed by atoms with Gasteiger partial charge in [-0.1, -0.05) is 30.3 Å². The summed E-state index contributed by atoms with van der Waals surface area (Å²) in [6, 6.07) is 15.8. The molecule has 0 bridgehead atoms. The number of carbonyl (C=O) groups is 2. The van der Waals surface area contributed by atoms with Gasteiger partial charge in [0, 0.05) is 37.0 Å². The minimum Gasteiger partial charge on any atom is -0.376 e. The maximum absolute atomic E-state index is 12.2. The smallest absolute Gasteiger partial charge is 0.319 e. The molecule has 5 N–H and O–H groups in total. The summed E-state index contributed by atoms with van der Waals surface area (Å²) in [6.45, 7) is 1.26. The lowest BCUT2D eigenvalue weighted by Crippen LogP contribution is -2.35. The average Bonchev–Trinajstić information content (AvgIpc) is 3.22. The fraction of sp³-hybridized carbons (Fsp3) is 0.333. The van der Waals surface area contributed by atoms with Crippen molar-refractivity contribution in [1.29, 1.82) is 0 Å². The van der Waals surface area contributed by atoms with Crippen molar-refractivity contribution in [2.45, 2.75) is 31.4 Å².